The lowest BCUT2D eigenvalue weighted by Gasteiger charge is -2.38. The Labute approximate surface area is 83.8 Å². The molecule has 1 N–H and O–H groups in total. The van der Waals surface area contributed by atoms with Gasteiger partial charge in [-0.15, -0.1) is 0 Å². The molecule has 0 aromatic heterocycles. The molecular formula is C10H17NO3. The molecule has 2 fully saturated rings. The number of likely N-dealkylation sites (tertiary alicyclic amines) is 1. The van der Waals surface area contributed by atoms with Gasteiger partial charge in [0, 0.05) is 6.54 Å². The Bertz CT molecular complexity index is 236. The molecule has 1 saturated carbocycles. The predicted octanol–water partition coefficient (Wildman–Crippen LogP) is 0.714. The number of piperidine rings is 1. The normalized spacial score (nSPS) is 34.4. The van der Waals surface area contributed by atoms with Gasteiger partial charge in [-0.05, 0) is 39.3 Å². The number of ether oxygens (including phenoxy) is 1. The number of nitrogens with zero attached hydrogens (tertiary/aromatic N) is 1. The Kier molecular flexibility index (Phi) is 2.49. The number of likely N-dealkylation sites (N-methyl/N-ethyl adjacent to an activating group) is 1. The maximum atomic E-state index is 11.2. The Morgan fingerprint density at radius 2 is 2.29 bits per heavy atom. The molecule has 1 aliphatic carbocycles. The van der Waals surface area contributed by atoms with Crippen molar-refractivity contribution < 1.29 is 14.6 Å². The second-order valence-electron chi connectivity index (χ2n) is 4.46. The highest BCUT2D eigenvalue weighted by molar-refractivity contribution is 5.78. The number of carbonyl (C=O) groups is 1. The largest absolute Gasteiger partial charge is 0.479 e. The quantitative estimate of drug-likeness (QED) is 0.727. The lowest BCUT2D eigenvalue weighted by molar-refractivity contribution is -0.175. The fourth-order valence-corrected chi connectivity index (χ4v) is 2.05. The van der Waals surface area contributed by atoms with Gasteiger partial charge in [0.15, 0.2) is 5.60 Å². The molecule has 0 aromatic carbocycles. The summed E-state index contributed by atoms with van der Waals surface area (Å²) in [6.45, 7) is 1.50. The fraction of sp³-hybridized carbons (Fsp3) is 0.900. The zero-order valence-electron chi connectivity index (χ0n) is 8.53. The van der Waals surface area contributed by atoms with Crippen molar-refractivity contribution in [1.82, 2.24) is 4.90 Å². The van der Waals surface area contributed by atoms with E-state index in [1.165, 1.54) is 0 Å². The monoisotopic (exact) mass is 199 g/mol. The zero-order chi connectivity index (χ0) is 10.2. The minimum absolute atomic E-state index is 0.206. The van der Waals surface area contributed by atoms with Gasteiger partial charge in [0.05, 0.1) is 6.10 Å². The van der Waals surface area contributed by atoms with Crippen LogP contribution >= 0.6 is 0 Å². The predicted molar refractivity (Wildman–Crippen MR) is 51.2 cm³/mol. The van der Waals surface area contributed by atoms with E-state index >= 15 is 0 Å². The molecule has 1 atom stereocenters. The maximum absolute atomic E-state index is 11.2. The van der Waals surface area contributed by atoms with E-state index in [4.69, 9.17) is 4.74 Å². The lowest BCUT2D eigenvalue weighted by atomic mass is 9.93. The zero-order valence-corrected chi connectivity index (χ0v) is 8.53. The van der Waals surface area contributed by atoms with Gasteiger partial charge in [-0.3, -0.25) is 0 Å². The highest BCUT2D eigenvalue weighted by atomic mass is 16.5. The van der Waals surface area contributed by atoms with Gasteiger partial charge >= 0.3 is 5.97 Å². The van der Waals surface area contributed by atoms with Gasteiger partial charge in [-0.2, -0.15) is 0 Å². The van der Waals surface area contributed by atoms with Crippen molar-refractivity contribution in [2.75, 3.05) is 20.1 Å². The molecule has 1 saturated heterocycles. The van der Waals surface area contributed by atoms with Crippen LogP contribution in [0.15, 0.2) is 0 Å². The SMILES string of the molecule is CN1CCCC(OC2CC2)(C(=O)O)C1. The highest BCUT2D eigenvalue weighted by Gasteiger charge is 2.46. The summed E-state index contributed by atoms with van der Waals surface area (Å²) < 4.78 is 5.68. The minimum Gasteiger partial charge on any atom is -0.479 e. The summed E-state index contributed by atoms with van der Waals surface area (Å²) in [5.74, 6) is -0.795. The average molecular weight is 199 g/mol. The van der Waals surface area contributed by atoms with E-state index < -0.39 is 11.6 Å². The van der Waals surface area contributed by atoms with Crippen molar-refractivity contribution in [2.45, 2.75) is 37.4 Å². The van der Waals surface area contributed by atoms with E-state index in [1.54, 1.807) is 0 Å². The van der Waals surface area contributed by atoms with Gasteiger partial charge in [0.2, 0.25) is 0 Å². The molecule has 0 aromatic rings. The van der Waals surface area contributed by atoms with E-state index in [0.29, 0.717) is 13.0 Å². The molecule has 14 heavy (non-hydrogen) atoms. The molecule has 2 aliphatic rings. The lowest BCUT2D eigenvalue weighted by Crippen LogP contribution is -2.54. The number of hydrogen-bond donors (Lipinski definition) is 1. The van der Waals surface area contributed by atoms with E-state index in [-0.39, 0.29) is 6.10 Å². The van der Waals surface area contributed by atoms with E-state index in [1.807, 2.05) is 11.9 Å². The molecule has 1 unspecified atom stereocenters. The summed E-state index contributed by atoms with van der Waals surface area (Å²) in [6, 6.07) is 0. The topological polar surface area (TPSA) is 49.8 Å². The van der Waals surface area contributed by atoms with Crippen LogP contribution in [0.4, 0.5) is 0 Å². The highest BCUT2D eigenvalue weighted by Crippen LogP contribution is 2.34. The summed E-state index contributed by atoms with van der Waals surface area (Å²) in [4.78, 5) is 13.3. The molecule has 1 heterocycles. The Morgan fingerprint density at radius 3 is 2.79 bits per heavy atom. The second-order valence-corrected chi connectivity index (χ2v) is 4.46. The third kappa shape index (κ3) is 1.91. The Hall–Kier alpha value is -0.610. The van der Waals surface area contributed by atoms with Crippen molar-refractivity contribution in [1.29, 1.82) is 0 Å². The number of hydrogen-bond acceptors (Lipinski definition) is 3. The molecule has 4 nitrogen and oxygen atoms in total. The molecule has 80 valence electrons. The van der Waals surface area contributed by atoms with Crippen LogP contribution in [0, 0.1) is 0 Å². The molecule has 1 aliphatic heterocycles. The maximum Gasteiger partial charge on any atom is 0.337 e. The van der Waals surface area contributed by atoms with Crippen molar-refractivity contribution >= 4 is 5.97 Å². The number of carboxylic acid groups (broad SMARTS) is 1. The third-order valence-electron chi connectivity index (χ3n) is 2.95. The van der Waals surface area contributed by atoms with Crippen LogP contribution in [-0.4, -0.2) is 47.8 Å². The molecule has 0 radical (unpaired) electrons. The van der Waals surface area contributed by atoms with Crippen LogP contribution in [0.25, 0.3) is 0 Å². The Morgan fingerprint density at radius 1 is 1.57 bits per heavy atom. The molecular weight excluding hydrogens is 182 g/mol. The molecule has 0 bridgehead atoms. The molecule has 0 spiro atoms. The second kappa shape index (κ2) is 3.51. The standard InChI is InChI=1S/C10H17NO3/c1-11-6-2-5-10(7-11,9(12)13)14-8-3-4-8/h8H,2-7H2,1H3,(H,12,13). The van der Waals surface area contributed by atoms with Crippen LogP contribution in [-0.2, 0) is 9.53 Å². The minimum atomic E-state index is -0.922. The smallest absolute Gasteiger partial charge is 0.337 e. The average Bonchev–Trinajstić information content (AvgIpc) is 2.88. The van der Waals surface area contributed by atoms with Gasteiger partial charge in [-0.25, -0.2) is 4.79 Å². The number of aliphatic carboxylic acids is 1. The van der Waals surface area contributed by atoms with Crippen LogP contribution < -0.4 is 0 Å². The molecule has 4 heteroatoms. The fourth-order valence-electron chi connectivity index (χ4n) is 2.05. The molecule has 2 rings (SSSR count). The summed E-state index contributed by atoms with van der Waals surface area (Å²) in [7, 11) is 1.95. The van der Waals surface area contributed by atoms with Gasteiger partial charge < -0.3 is 14.7 Å². The number of rotatable bonds is 3. The van der Waals surface area contributed by atoms with Gasteiger partial charge in [-0.1, -0.05) is 0 Å². The van der Waals surface area contributed by atoms with E-state index in [0.717, 1.165) is 25.8 Å². The molecule has 0 amide bonds. The van der Waals surface area contributed by atoms with E-state index in [2.05, 4.69) is 0 Å². The summed E-state index contributed by atoms with van der Waals surface area (Å²) in [5, 5.41) is 9.23. The third-order valence-corrected chi connectivity index (χ3v) is 2.95. The summed E-state index contributed by atoms with van der Waals surface area (Å²) >= 11 is 0. The summed E-state index contributed by atoms with van der Waals surface area (Å²) in [6.07, 6.45) is 3.83. The van der Waals surface area contributed by atoms with E-state index in [9.17, 15) is 9.90 Å². The van der Waals surface area contributed by atoms with Crippen molar-refractivity contribution in [3.05, 3.63) is 0 Å². The summed E-state index contributed by atoms with van der Waals surface area (Å²) in [5.41, 5.74) is -0.922. The van der Waals surface area contributed by atoms with Crippen molar-refractivity contribution in [3.63, 3.8) is 0 Å². The first-order chi connectivity index (χ1) is 6.62. The first-order valence-corrected chi connectivity index (χ1v) is 5.22. The first-order valence-electron chi connectivity index (χ1n) is 5.22. The van der Waals surface area contributed by atoms with Crippen molar-refractivity contribution in [3.8, 4) is 0 Å². The van der Waals surface area contributed by atoms with Crippen LogP contribution in [0.1, 0.15) is 25.7 Å². The Balaban J connectivity index is 2.06. The van der Waals surface area contributed by atoms with Crippen LogP contribution in [0.3, 0.4) is 0 Å². The van der Waals surface area contributed by atoms with Gasteiger partial charge in [0.25, 0.3) is 0 Å². The van der Waals surface area contributed by atoms with Gasteiger partial charge in [0.1, 0.15) is 0 Å². The number of carboxylic acids is 1. The van der Waals surface area contributed by atoms with Crippen LogP contribution in [0.2, 0.25) is 0 Å². The van der Waals surface area contributed by atoms with Crippen LogP contribution in [0.5, 0.6) is 0 Å². The van der Waals surface area contributed by atoms with Crippen molar-refractivity contribution in [2.24, 2.45) is 0 Å². The first kappa shape index (κ1) is 9.93.